The first kappa shape index (κ1) is 15.2. The van der Waals surface area contributed by atoms with Crippen LogP contribution in [0.15, 0.2) is 10.7 Å². The predicted molar refractivity (Wildman–Crippen MR) is 78.1 cm³/mol. The number of rotatable bonds is 7. The molecular formula is C12H21BrN4O. The number of hydrogen-bond donors (Lipinski definition) is 2. The number of nitrogens with zero attached hydrogens (tertiary/aromatic N) is 2. The number of aromatic nitrogens is 2. The third-order valence-electron chi connectivity index (χ3n) is 2.51. The molecule has 0 atom stereocenters. The summed E-state index contributed by atoms with van der Waals surface area (Å²) in [6, 6.07) is 0. The minimum atomic E-state index is -0.235. The zero-order chi connectivity index (χ0) is 13.6. The van der Waals surface area contributed by atoms with E-state index in [1.54, 1.807) is 13.3 Å². The van der Waals surface area contributed by atoms with Crippen LogP contribution < -0.4 is 10.6 Å². The largest absolute Gasteiger partial charge is 0.377 e. The molecule has 0 saturated carbocycles. The van der Waals surface area contributed by atoms with Crippen molar-refractivity contribution in [3.05, 3.63) is 10.7 Å². The number of methoxy groups -OCH3 is 1. The highest BCUT2D eigenvalue weighted by molar-refractivity contribution is 9.10. The van der Waals surface area contributed by atoms with Crippen LogP contribution >= 0.6 is 15.9 Å². The van der Waals surface area contributed by atoms with Crippen LogP contribution in [0.3, 0.4) is 0 Å². The van der Waals surface area contributed by atoms with Crippen LogP contribution in [0.25, 0.3) is 0 Å². The van der Waals surface area contributed by atoms with Gasteiger partial charge in [-0.05, 0) is 36.2 Å². The van der Waals surface area contributed by atoms with Gasteiger partial charge in [0.1, 0.15) is 5.82 Å². The second-order valence-corrected chi connectivity index (χ2v) is 5.49. The van der Waals surface area contributed by atoms with Gasteiger partial charge < -0.3 is 15.4 Å². The van der Waals surface area contributed by atoms with Crippen LogP contribution in [0.4, 0.5) is 11.8 Å². The summed E-state index contributed by atoms with van der Waals surface area (Å²) in [5.41, 5.74) is -0.235. The topological polar surface area (TPSA) is 59.1 Å². The Kier molecular flexibility index (Phi) is 5.81. The van der Waals surface area contributed by atoms with Crippen LogP contribution in [0, 0.1) is 0 Å². The van der Waals surface area contributed by atoms with E-state index >= 15 is 0 Å². The van der Waals surface area contributed by atoms with Crippen molar-refractivity contribution < 1.29 is 4.74 Å². The van der Waals surface area contributed by atoms with Gasteiger partial charge in [-0.15, -0.1) is 0 Å². The maximum Gasteiger partial charge on any atom is 0.224 e. The van der Waals surface area contributed by atoms with Crippen LogP contribution in [0.1, 0.15) is 27.2 Å². The average molecular weight is 317 g/mol. The smallest absolute Gasteiger partial charge is 0.224 e. The van der Waals surface area contributed by atoms with E-state index in [2.05, 4.69) is 43.5 Å². The van der Waals surface area contributed by atoms with Gasteiger partial charge in [0.2, 0.25) is 5.95 Å². The lowest BCUT2D eigenvalue weighted by Crippen LogP contribution is -2.32. The van der Waals surface area contributed by atoms with E-state index in [4.69, 9.17) is 4.74 Å². The van der Waals surface area contributed by atoms with Crippen LogP contribution in [0.5, 0.6) is 0 Å². The van der Waals surface area contributed by atoms with Gasteiger partial charge in [-0.2, -0.15) is 4.98 Å². The van der Waals surface area contributed by atoms with E-state index in [0.29, 0.717) is 12.5 Å². The Hall–Kier alpha value is -0.880. The van der Waals surface area contributed by atoms with Crippen LogP contribution in [-0.2, 0) is 4.74 Å². The third-order valence-corrected chi connectivity index (χ3v) is 3.09. The lowest BCUT2D eigenvalue weighted by Gasteiger charge is -2.23. The molecule has 0 aliphatic rings. The fraction of sp³-hybridized carbons (Fsp3) is 0.667. The third kappa shape index (κ3) is 4.78. The molecule has 102 valence electrons. The first-order valence-corrected chi connectivity index (χ1v) is 6.83. The molecule has 18 heavy (non-hydrogen) atoms. The van der Waals surface area contributed by atoms with Gasteiger partial charge in [-0.1, -0.05) is 6.92 Å². The Labute approximate surface area is 117 Å². The minimum Gasteiger partial charge on any atom is -0.377 e. The number of ether oxygens (including phenoxy) is 1. The van der Waals surface area contributed by atoms with Gasteiger partial charge in [0.25, 0.3) is 0 Å². The number of anilines is 2. The molecule has 0 amide bonds. The van der Waals surface area contributed by atoms with Crippen molar-refractivity contribution in [2.45, 2.75) is 32.8 Å². The van der Waals surface area contributed by atoms with Gasteiger partial charge in [0.15, 0.2) is 0 Å². The zero-order valence-corrected chi connectivity index (χ0v) is 13.0. The molecular weight excluding hydrogens is 296 g/mol. The number of halogens is 1. The van der Waals surface area contributed by atoms with Crippen molar-refractivity contribution in [3.8, 4) is 0 Å². The molecule has 6 heteroatoms. The highest BCUT2D eigenvalue weighted by Gasteiger charge is 2.17. The Morgan fingerprint density at radius 1 is 1.39 bits per heavy atom. The molecule has 1 heterocycles. The maximum absolute atomic E-state index is 5.36. The van der Waals surface area contributed by atoms with Crippen molar-refractivity contribution in [2.24, 2.45) is 0 Å². The average Bonchev–Trinajstić information content (AvgIpc) is 2.36. The minimum absolute atomic E-state index is 0.235. The summed E-state index contributed by atoms with van der Waals surface area (Å²) in [7, 11) is 1.70. The quantitative estimate of drug-likeness (QED) is 0.810. The summed E-state index contributed by atoms with van der Waals surface area (Å²) in [6.07, 6.45) is 2.78. The van der Waals surface area contributed by atoms with Crippen LogP contribution in [0.2, 0.25) is 0 Å². The summed E-state index contributed by atoms with van der Waals surface area (Å²) >= 11 is 3.43. The molecule has 1 aromatic heterocycles. The van der Waals surface area contributed by atoms with E-state index in [-0.39, 0.29) is 5.60 Å². The lowest BCUT2D eigenvalue weighted by atomic mass is 10.1. The van der Waals surface area contributed by atoms with E-state index in [1.807, 2.05) is 13.8 Å². The molecule has 0 spiro atoms. The Morgan fingerprint density at radius 2 is 2.11 bits per heavy atom. The van der Waals surface area contributed by atoms with E-state index in [9.17, 15) is 0 Å². The number of hydrogen-bond acceptors (Lipinski definition) is 5. The van der Waals surface area contributed by atoms with Crippen molar-refractivity contribution in [3.63, 3.8) is 0 Å². The summed E-state index contributed by atoms with van der Waals surface area (Å²) in [5, 5.41) is 6.42. The molecule has 0 aromatic carbocycles. The Bertz CT molecular complexity index is 384. The Morgan fingerprint density at radius 3 is 2.72 bits per heavy atom. The molecule has 0 radical (unpaired) electrons. The van der Waals surface area contributed by atoms with E-state index in [0.717, 1.165) is 23.3 Å². The first-order chi connectivity index (χ1) is 8.48. The van der Waals surface area contributed by atoms with Gasteiger partial charge in [-0.25, -0.2) is 4.98 Å². The fourth-order valence-electron chi connectivity index (χ4n) is 1.18. The molecule has 5 nitrogen and oxygen atoms in total. The first-order valence-electron chi connectivity index (χ1n) is 6.04. The normalized spacial score (nSPS) is 11.4. The number of nitrogens with one attached hydrogen (secondary N) is 2. The molecule has 1 aromatic rings. The molecule has 0 bridgehead atoms. The monoisotopic (exact) mass is 316 g/mol. The van der Waals surface area contributed by atoms with Crippen molar-refractivity contribution in [1.29, 1.82) is 0 Å². The molecule has 0 saturated heterocycles. The van der Waals surface area contributed by atoms with E-state index in [1.165, 1.54) is 0 Å². The fourth-order valence-corrected chi connectivity index (χ4v) is 1.51. The van der Waals surface area contributed by atoms with Crippen molar-refractivity contribution in [2.75, 3.05) is 30.8 Å². The summed E-state index contributed by atoms with van der Waals surface area (Å²) in [5.74, 6) is 1.41. The Balaban J connectivity index is 2.69. The maximum atomic E-state index is 5.36. The van der Waals surface area contributed by atoms with Crippen molar-refractivity contribution >= 4 is 27.7 Å². The van der Waals surface area contributed by atoms with Crippen molar-refractivity contribution in [1.82, 2.24) is 9.97 Å². The van der Waals surface area contributed by atoms with E-state index < -0.39 is 0 Å². The lowest BCUT2D eigenvalue weighted by molar-refractivity contribution is 0.0343. The van der Waals surface area contributed by atoms with Gasteiger partial charge >= 0.3 is 0 Å². The van der Waals surface area contributed by atoms with Crippen LogP contribution in [-0.4, -0.2) is 35.8 Å². The second-order valence-electron chi connectivity index (χ2n) is 4.63. The molecule has 2 N–H and O–H groups in total. The highest BCUT2D eigenvalue weighted by Crippen LogP contribution is 2.21. The molecule has 0 aliphatic heterocycles. The molecule has 0 aliphatic carbocycles. The second kappa shape index (κ2) is 6.89. The zero-order valence-electron chi connectivity index (χ0n) is 11.4. The molecule has 0 fully saturated rings. The molecule has 0 unspecified atom stereocenters. The summed E-state index contributed by atoms with van der Waals surface area (Å²) in [6.45, 7) is 7.68. The summed E-state index contributed by atoms with van der Waals surface area (Å²) < 4.78 is 6.20. The van der Waals surface area contributed by atoms with Gasteiger partial charge in [-0.3, -0.25) is 0 Å². The SMILES string of the molecule is CCCNc1ncc(Br)c(NCC(C)(C)OC)n1. The highest BCUT2D eigenvalue weighted by atomic mass is 79.9. The standard InChI is InChI=1S/C12H21BrN4O/c1-5-6-14-11-15-7-9(13)10(17-11)16-8-12(2,3)18-4/h7H,5-6,8H2,1-4H3,(H2,14,15,16,17). The predicted octanol–water partition coefficient (Wildman–Crippen LogP) is 2.90. The van der Waals surface area contributed by atoms with Gasteiger partial charge in [0, 0.05) is 26.4 Å². The van der Waals surface area contributed by atoms with Gasteiger partial charge in [0.05, 0.1) is 10.1 Å². The molecule has 1 rings (SSSR count). The summed E-state index contributed by atoms with van der Waals surface area (Å²) in [4.78, 5) is 8.61.